The van der Waals surface area contributed by atoms with E-state index < -0.39 is 5.97 Å². The second kappa shape index (κ2) is 5.96. The number of Topliss-reactive ketones (excluding diaryl/α,β-unsaturated/α-hetero) is 1. The van der Waals surface area contributed by atoms with Crippen molar-refractivity contribution in [2.24, 2.45) is 0 Å². The molecule has 0 bridgehead atoms. The molecule has 20 heavy (non-hydrogen) atoms. The van der Waals surface area contributed by atoms with Crippen LogP contribution in [0.3, 0.4) is 0 Å². The highest BCUT2D eigenvalue weighted by Gasteiger charge is 2.17. The minimum Gasteiger partial charge on any atom is -0.464 e. The molecule has 0 aliphatic heterocycles. The number of hydrogen-bond donors (Lipinski definition) is 0. The Kier molecular flexibility index (Phi) is 4.29. The molecule has 0 N–H and O–H groups in total. The Morgan fingerprint density at radius 1 is 1.35 bits per heavy atom. The number of halogens is 1. The summed E-state index contributed by atoms with van der Waals surface area (Å²) in [6, 6.07) is 1.60. The normalized spacial score (nSPS) is 10.3. The Hall–Kier alpha value is -2.02. The zero-order chi connectivity index (χ0) is 14.7. The van der Waals surface area contributed by atoms with Crippen LogP contribution in [0, 0.1) is 6.92 Å². The number of hydrogen-bond acceptors (Lipinski definition) is 5. The van der Waals surface area contributed by atoms with Crippen LogP contribution in [-0.4, -0.2) is 33.4 Å². The van der Waals surface area contributed by atoms with Gasteiger partial charge in [-0.3, -0.25) is 9.78 Å². The highest BCUT2D eigenvalue weighted by atomic mass is 79.9. The van der Waals surface area contributed by atoms with Crippen molar-refractivity contribution in [2.45, 2.75) is 13.5 Å². The van der Waals surface area contributed by atoms with E-state index in [1.54, 1.807) is 19.2 Å². The first kappa shape index (κ1) is 14.4. The lowest BCUT2D eigenvalue weighted by Crippen LogP contribution is -2.16. The van der Waals surface area contributed by atoms with Crippen LogP contribution in [0.2, 0.25) is 0 Å². The Morgan fingerprint density at radius 3 is 2.70 bits per heavy atom. The molecular weight excluding hydrogens is 326 g/mol. The molecule has 0 fully saturated rings. The van der Waals surface area contributed by atoms with Gasteiger partial charge in [0, 0.05) is 16.9 Å². The summed E-state index contributed by atoms with van der Waals surface area (Å²) >= 11 is 3.27. The summed E-state index contributed by atoms with van der Waals surface area (Å²) in [5.41, 5.74) is 1.30. The quantitative estimate of drug-likeness (QED) is 0.630. The number of ether oxygens (including phenoxy) is 1. The first-order chi connectivity index (χ1) is 9.51. The minimum atomic E-state index is -0.501. The van der Waals surface area contributed by atoms with E-state index in [-0.39, 0.29) is 18.0 Å². The molecular formula is C13H12BrN3O3. The number of aromatic nitrogens is 3. The van der Waals surface area contributed by atoms with Crippen LogP contribution in [0.25, 0.3) is 0 Å². The number of carbonyl (C=O) groups excluding carboxylic acids is 2. The smallest absolute Gasteiger partial charge is 0.354 e. The number of ketones is 1. The summed E-state index contributed by atoms with van der Waals surface area (Å²) in [5.74, 6) is -0.732. The van der Waals surface area contributed by atoms with Crippen LogP contribution in [0.5, 0.6) is 0 Å². The molecule has 0 aromatic carbocycles. The van der Waals surface area contributed by atoms with Crippen LogP contribution in [0.1, 0.15) is 26.7 Å². The molecule has 0 unspecified atom stereocenters. The van der Waals surface area contributed by atoms with Gasteiger partial charge in [0.1, 0.15) is 11.4 Å². The summed E-state index contributed by atoms with van der Waals surface area (Å²) in [7, 11) is 1.29. The fourth-order valence-electron chi connectivity index (χ4n) is 1.65. The molecule has 0 aliphatic rings. The molecule has 0 radical (unpaired) electrons. The third-order valence-corrected chi connectivity index (χ3v) is 3.07. The average Bonchev–Trinajstić information content (AvgIpc) is 2.79. The number of aryl methyl sites for hydroxylation is 1. The van der Waals surface area contributed by atoms with Gasteiger partial charge in [0.05, 0.1) is 25.5 Å². The molecule has 0 amide bonds. The van der Waals surface area contributed by atoms with Gasteiger partial charge in [-0.2, -0.15) is 0 Å². The maximum Gasteiger partial charge on any atom is 0.354 e. The van der Waals surface area contributed by atoms with E-state index in [1.165, 1.54) is 24.1 Å². The van der Waals surface area contributed by atoms with E-state index >= 15 is 0 Å². The van der Waals surface area contributed by atoms with Crippen molar-refractivity contribution in [3.05, 3.63) is 46.2 Å². The van der Waals surface area contributed by atoms with Gasteiger partial charge < -0.3 is 9.30 Å². The number of nitrogens with zero attached hydrogens (tertiary/aromatic N) is 3. The van der Waals surface area contributed by atoms with E-state index in [0.717, 1.165) is 5.69 Å². The number of methoxy groups -OCH3 is 1. The standard InChI is InChI=1S/C13H12BrN3O3/c1-8-4-16-10(5-15-8)12(18)7-17-6-9(14)3-11(17)13(19)20-2/h3-6H,7H2,1-2H3. The molecule has 2 aromatic rings. The largest absolute Gasteiger partial charge is 0.464 e. The van der Waals surface area contributed by atoms with E-state index in [0.29, 0.717) is 10.2 Å². The molecule has 0 spiro atoms. The average molecular weight is 338 g/mol. The van der Waals surface area contributed by atoms with Gasteiger partial charge in [-0.05, 0) is 28.9 Å². The van der Waals surface area contributed by atoms with Gasteiger partial charge >= 0.3 is 5.97 Å². The zero-order valence-electron chi connectivity index (χ0n) is 11.0. The molecule has 0 saturated heterocycles. The van der Waals surface area contributed by atoms with Crippen molar-refractivity contribution in [3.8, 4) is 0 Å². The van der Waals surface area contributed by atoms with E-state index in [1.807, 2.05) is 0 Å². The van der Waals surface area contributed by atoms with Gasteiger partial charge in [-0.1, -0.05) is 0 Å². The Balaban J connectivity index is 2.23. The lowest BCUT2D eigenvalue weighted by Gasteiger charge is -2.06. The maximum absolute atomic E-state index is 12.1. The lowest BCUT2D eigenvalue weighted by molar-refractivity contribution is 0.0588. The summed E-state index contributed by atoms with van der Waals surface area (Å²) < 4.78 is 6.88. The van der Waals surface area contributed by atoms with Gasteiger partial charge in [-0.15, -0.1) is 0 Å². The third-order valence-electron chi connectivity index (χ3n) is 2.64. The monoisotopic (exact) mass is 337 g/mol. The van der Waals surface area contributed by atoms with Crippen LogP contribution in [-0.2, 0) is 11.3 Å². The van der Waals surface area contributed by atoms with Gasteiger partial charge in [0.15, 0.2) is 0 Å². The number of rotatable bonds is 4. The van der Waals surface area contributed by atoms with Gasteiger partial charge in [0.25, 0.3) is 0 Å². The van der Waals surface area contributed by atoms with Crippen LogP contribution < -0.4 is 0 Å². The predicted octanol–water partition coefficient (Wildman–Crippen LogP) is 2.02. The summed E-state index contributed by atoms with van der Waals surface area (Å²) in [6.07, 6.45) is 4.60. The second-order valence-electron chi connectivity index (χ2n) is 4.13. The molecule has 6 nitrogen and oxygen atoms in total. The summed E-state index contributed by atoms with van der Waals surface area (Å²) in [5, 5.41) is 0. The number of esters is 1. The molecule has 0 saturated carbocycles. The Bertz CT molecular complexity index is 649. The van der Waals surface area contributed by atoms with Gasteiger partial charge in [-0.25, -0.2) is 9.78 Å². The van der Waals surface area contributed by atoms with E-state index in [9.17, 15) is 9.59 Å². The SMILES string of the molecule is COC(=O)c1cc(Br)cn1CC(=O)c1cnc(C)cn1. The topological polar surface area (TPSA) is 74.1 Å². The van der Waals surface area contributed by atoms with Crippen LogP contribution in [0.15, 0.2) is 29.1 Å². The summed E-state index contributed by atoms with van der Waals surface area (Å²) in [6.45, 7) is 1.79. The molecule has 0 aliphatic carbocycles. The highest BCUT2D eigenvalue weighted by molar-refractivity contribution is 9.10. The molecule has 104 valence electrons. The molecule has 2 rings (SSSR count). The highest BCUT2D eigenvalue weighted by Crippen LogP contribution is 2.16. The summed E-state index contributed by atoms with van der Waals surface area (Å²) in [4.78, 5) is 31.8. The van der Waals surface area contributed by atoms with Crippen molar-refractivity contribution in [1.82, 2.24) is 14.5 Å². The lowest BCUT2D eigenvalue weighted by atomic mass is 10.3. The van der Waals surface area contributed by atoms with Crippen molar-refractivity contribution in [2.75, 3.05) is 7.11 Å². The third kappa shape index (κ3) is 3.11. The van der Waals surface area contributed by atoms with E-state index in [2.05, 4.69) is 30.6 Å². The van der Waals surface area contributed by atoms with E-state index in [4.69, 9.17) is 0 Å². The molecule has 7 heteroatoms. The van der Waals surface area contributed by atoms with Gasteiger partial charge in [0.2, 0.25) is 5.78 Å². The zero-order valence-corrected chi connectivity index (χ0v) is 12.5. The Labute approximate surface area is 123 Å². The first-order valence-corrected chi connectivity index (χ1v) is 6.56. The first-order valence-electron chi connectivity index (χ1n) is 5.77. The van der Waals surface area contributed by atoms with Crippen LogP contribution in [0.4, 0.5) is 0 Å². The fraction of sp³-hybridized carbons (Fsp3) is 0.231. The van der Waals surface area contributed by atoms with Crippen molar-refractivity contribution in [3.63, 3.8) is 0 Å². The Morgan fingerprint density at radius 2 is 2.10 bits per heavy atom. The minimum absolute atomic E-state index is 0.00618. The van der Waals surface area contributed by atoms with Crippen LogP contribution >= 0.6 is 15.9 Å². The fourth-order valence-corrected chi connectivity index (χ4v) is 2.12. The molecule has 0 atom stereocenters. The predicted molar refractivity (Wildman–Crippen MR) is 74.6 cm³/mol. The van der Waals surface area contributed by atoms with Crippen molar-refractivity contribution in [1.29, 1.82) is 0 Å². The maximum atomic E-state index is 12.1. The van der Waals surface area contributed by atoms with Crippen molar-refractivity contribution >= 4 is 27.7 Å². The molecule has 2 aromatic heterocycles. The molecule has 2 heterocycles. The second-order valence-corrected chi connectivity index (χ2v) is 5.04. The number of carbonyl (C=O) groups is 2. The van der Waals surface area contributed by atoms with Crippen molar-refractivity contribution < 1.29 is 14.3 Å².